The van der Waals surface area contributed by atoms with Crippen molar-refractivity contribution < 1.29 is 30.4 Å². The molecule has 0 saturated heterocycles. The fraction of sp³-hybridized carbons (Fsp3) is 0. The number of hydrogen-bond donors (Lipinski definition) is 0. The van der Waals surface area contributed by atoms with Gasteiger partial charge in [-0.05, 0) is 42.5 Å². The molecule has 0 bridgehead atoms. The predicted octanol–water partition coefficient (Wildman–Crippen LogP) is 4.60. The normalized spacial score (nSPS) is 11.7. The van der Waals surface area contributed by atoms with E-state index in [4.69, 9.17) is 4.42 Å². The van der Waals surface area contributed by atoms with Crippen LogP contribution in [-0.2, 0) is 10.0 Å². The lowest BCUT2D eigenvalue weighted by atomic mass is 10.1. The molecule has 0 fully saturated rings. The largest absolute Gasteiger partial charge is 0.454 e. The van der Waals surface area contributed by atoms with Gasteiger partial charge in [0.25, 0.3) is 10.0 Å². The Balaban J connectivity index is 1.78. The van der Waals surface area contributed by atoms with Gasteiger partial charge in [-0.1, -0.05) is 0 Å². The quantitative estimate of drug-likeness (QED) is 0.451. The van der Waals surface area contributed by atoms with Gasteiger partial charge in [0.05, 0.1) is 11.8 Å². The van der Waals surface area contributed by atoms with Crippen molar-refractivity contribution in [3.8, 4) is 22.8 Å². The van der Waals surface area contributed by atoms with E-state index in [1.54, 1.807) is 0 Å². The lowest BCUT2D eigenvalue weighted by molar-refractivity contribution is 0.540. The second-order valence-corrected chi connectivity index (χ2v) is 7.66. The van der Waals surface area contributed by atoms with Gasteiger partial charge < -0.3 is 4.42 Å². The minimum atomic E-state index is -4.51. The summed E-state index contributed by atoms with van der Waals surface area (Å²) in [5.74, 6) is -3.81. The molecule has 0 aliphatic carbocycles. The number of halogens is 4. The van der Waals surface area contributed by atoms with E-state index >= 15 is 0 Å². The number of aromatic nitrogens is 2. The van der Waals surface area contributed by atoms with Gasteiger partial charge in [0.15, 0.2) is 5.76 Å². The van der Waals surface area contributed by atoms with Gasteiger partial charge >= 0.3 is 0 Å². The van der Waals surface area contributed by atoms with Gasteiger partial charge in [0.2, 0.25) is 0 Å². The fourth-order valence-electron chi connectivity index (χ4n) is 2.75. The Bertz CT molecular complexity index is 1330. The van der Waals surface area contributed by atoms with E-state index in [0.717, 1.165) is 24.4 Å². The Morgan fingerprint density at radius 2 is 1.45 bits per heavy atom. The number of furan rings is 1. The molecule has 4 rings (SSSR count). The zero-order chi connectivity index (χ0) is 20.8. The Labute approximate surface area is 161 Å². The molecule has 0 aliphatic heterocycles. The zero-order valence-corrected chi connectivity index (χ0v) is 15.1. The summed E-state index contributed by atoms with van der Waals surface area (Å²) in [5.41, 5.74) is -0.0985. The first-order valence-corrected chi connectivity index (χ1v) is 9.51. The molecular formula is C19H10F4N2O3S. The molecule has 29 heavy (non-hydrogen) atoms. The van der Waals surface area contributed by atoms with Crippen molar-refractivity contribution in [2.24, 2.45) is 0 Å². The summed E-state index contributed by atoms with van der Waals surface area (Å²) in [5, 5.41) is 3.70. The van der Waals surface area contributed by atoms with Crippen molar-refractivity contribution in [2.75, 3.05) is 0 Å². The summed E-state index contributed by atoms with van der Waals surface area (Å²) in [6.07, 6.45) is 1.15. The van der Waals surface area contributed by atoms with E-state index in [2.05, 4.69) is 5.10 Å². The topological polar surface area (TPSA) is 65.1 Å². The highest BCUT2D eigenvalue weighted by atomic mass is 32.2. The van der Waals surface area contributed by atoms with Crippen LogP contribution >= 0.6 is 0 Å². The van der Waals surface area contributed by atoms with E-state index in [1.165, 1.54) is 24.3 Å². The van der Waals surface area contributed by atoms with Crippen molar-refractivity contribution in [2.45, 2.75) is 4.90 Å². The van der Waals surface area contributed by atoms with Crippen molar-refractivity contribution in [3.05, 3.63) is 84.1 Å². The average Bonchev–Trinajstić information content (AvgIpc) is 3.31. The Hall–Kier alpha value is -3.40. The van der Waals surface area contributed by atoms with Gasteiger partial charge in [0.1, 0.15) is 39.6 Å². The van der Waals surface area contributed by atoms with Crippen LogP contribution in [0.5, 0.6) is 0 Å². The highest BCUT2D eigenvalue weighted by molar-refractivity contribution is 7.90. The van der Waals surface area contributed by atoms with Crippen LogP contribution in [0.15, 0.2) is 70.1 Å². The molecule has 0 saturated carbocycles. The molecule has 0 aliphatic rings. The zero-order valence-electron chi connectivity index (χ0n) is 14.3. The van der Waals surface area contributed by atoms with Gasteiger partial charge in [-0.25, -0.2) is 17.6 Å². The SMILES string of the molecule is O=S(=O)(c1ccc(F)cc1F)n1nccc1-c1ccc(-c2ccc(F)cc2F)o1. The molecule has 148 valence electrons. The maximum atomic E-state index is 14.0. The van der Waals surface area contributed by atoms with E-state index in [0.29, 0.717) is 16.2 Å². The molecule has 10 heteroatoms. The summed E-state index contributed by atoms with van der Waals surface area (Å²) in [6, 6.07) is 8.97. The van der Waals surface area contributed by atoms with E-state index in [1.807, 2.05) is 0 Å². The Kier molecular flexibility index (Phi) is 4.50. The molecule has 2 aromatic carbocycles. The smallest absolute Gasteiger partial charge is 0.286 e. The number of benzene rings is 2. The molecule has 0 amide bonds. The van der Waals surface area contributed by atoms with Crippen LogP contribution in [-0.4, -0.2) is 17.6 Å². The molecule has 4 aromatic rings. The minimum Gasteiger partial charge on any atom is -0.454 e. The van der Waals surface area contributed by atoms with Crippen LogP contribution in [0.2, 0.25) is 0 Å². The van der Waals surface area contributed by atoms with Gasteiger partial charge in [-0.2, -0.15) is 13.5 Å². The van der Waals surface area contributed by atoms with Gasteiger partial charge in [-0.3, -0.25) is 0 Å². The molecule has 2 heterocycles. The average molecular weight is 422 g/mol. The van der Waals surface area contributed by atoms with Crippen LogP contribution in [0.4, 0.5) is 17.6 Å². The fourth-order valence-corrected chi connectivity index (χ4v) is 4.07. The third kappa shape index (κ3) is 3.31. The molecule has 0 N–H and O–H groups in total. The second-order valence-electron chi connectivity index (χ2n) is 5.93. The molecular weight excluding hydrogens is 412 g/mol. The van der Waals surface area contributed by atoms with Crippen molar-refractivity contribution in [1.29, 1.82) is 0 Å². The maximum absolute atomic E-state index is 14.0. The molecule has 0 atom stereocenters. The third-order valence-electron chi connectivity index (χ3n) is 4.06. The number of nitrogens with zero attached hydrogens (tertiary/aromatic N) is 2. The standard InChI is InChI=1S/C19H10F4N2O3S/c20-11-1-3-13(14(22)9-11)17-4-5-18(28-17)16-7-8-24-25(16)29(26,27)19-6-2-12(21)10-15(19)23/h1-10H. The molecule has 5 nitrogen and oxygen atoms in total. The van der Waals surface area contributed by atoms with Crippen LogP contribution < -0.4 is 0 Å². The minimum absolute atomic E-state index is 0.00711. The first-order valence-electron chi connectivity index (χ1n) is 8.07. The van der Waals surface area contributed by atoms with Crippen molar-refractivity contribution >= 4 is 10.0 Å². The Morgan fingerprint density at radius 3 is 2.14 bits per heavy atom. The van der Waals surface area contributed by atoms with Crippen molar-refractivity contribution in [3.63, 3.8) is 0 Å². The third-order valence-corrected chi connectivity index (χ3v) is 5.70. The first-order chi connectivity index (χ1) is 13.8. The van der Waals surface area contributed by atoms with Gasteiger partial charge in [-0.15, -0.1) is 4.09 Å². The van der Waals surface area contributed by atoms with Crippen LogP contribution in [0.25, 0.3) is 22.8 Å². The van der Waals surface area contributed by atoms with Gasteiger partial charge in [0, 0.05) is 12.1 Å². The summed E-state index contributed by atoms with van der Waals surface area (Å²) in [7, 11) is -4.51. The van der Waals surface area contributed by atoms with E-state index in [-0.39, 0.29) is 22.8 Å². The summed E-state index contributed by atoms with van der Waals surface area (Å²) in [6.45, 7) is 0. The molecule has 2 aromatic heterocycles. The second kappa shape index (κ2) is 6.89. The number of hydrogen-bond acceptors (Lipinski definition) is 4. The van der Waals surface area contributed by atoms with Crippen molar-refractivity contribution in [1.82, 2.24) is 9.19 Å². The summed E-state index contributed by atoms with van der Waals surface area (Å²) in [4.78, 5) is -0.778. The van der Waals surface area contributed by atoms with E-state index in [9.17, 15) is 26.0 Å². The molecule has 0 radical (unpaired) electrons. The number of rotatable bonds is 4. The highest BCUT2D eigenvalue weighted by Crippen LogP contribution is 2.31. The summed E-state index contributed by atoms with van der Waals surface area (Å²) >= 11 is 0. The monoisotopic (exact) mass is 422 g/mol. The van der Waals surface area contributed by atoms with Crippen LogP contribution in [0.1, 0.15) is 0 Å². The highest BCUT2D eigenvalue weighted by Gasteiger charge is 2.26. The lowest BCUT2D eigenvalue weighted by Crippen LogP contribution is -2.17. The molecule has 0 spiro atoms. The lowest BCUT2D eigenvalue weighted by Gasteiger charge is -2.08. The Morgan fingerprint density at radius 1 is 0.793 bits per heavy atom. The van der Waals surface area contributed by atoms with E-state index < -0.39 is 38.2 Å². The first kappa shape index (κ1) is 18.9. The maximum Gasteiger partial charge on any atom is 0.286 e. The van der Waals surface area contributed by atoms with Crippen LogP contribution in [0.3, 0.4) is 0 Å². The van der Waals surface area contributed by atoms with Crippen LogP contribution in [0, 0.1) is 23.3 Å². The summed E-state index contributed by atoms with van der Waals surface area (Å²) < 4.78 is 85.8. The predicted molar refractivity (Wildman–Crippen MR) is 94.2 cm³/mol. The molecule has 0 unspecified atom stereocenters.